The van der Waals surface area contributed by atoms with Crippen molar-refractivity contribution in [1.82, 2.24) is 9.55 Å². The van der Waals surface area contributed by atoms with Crippen LogP contribution >= 0.6 is 11.6 Å². The maximum absolute atomic E-state index is 6.06. The van der Waals surface area contributed by atoms with E-state index in [-0.39, 0.29) is 0 Å². The number of hydrogen-bond donors (Lipinski definition) is 1. The third-order valence-electron chi connectivity index (χ3n) is 4.03. The molecular weight excluding hydrogens is 272 g/mol. The van der Waals surface area contributed by atoms with Gasteiger partial charge in [-0.1, -0.05) is 29.8 Å². The van der Waals surface area contributed by atoms with Crippen LogP contribution in [0.3, 0.4) is 0 Å². The molecule has 0 bridgehead atoms. The minimum Gasteiger partial charge on any atom is -0.363 e. The second kappa shape index (κ2) is 5.46. The highest BCUT2D eigenvalue weighted by Crippen LogP contribution is 2.38. The molecule has 0 spiro atoms. The molecule has 0 aliphatic carbocycles. The lowest BCUT2D eigenvalue weighted by Crippen LogP contribution is -2.23. The Balaban J connectivity index is 1.86. The van der Waals surface area contributed by atoms with Crippen molar-refractivity contribution < 1.29 is 0 Å². The van der Waals surface area contributed by atoms with E-state index < -0.39 is 0 Å². The van der Waals surface area contributed by atoms with Crippen LogP contribution in [0.15, 0.2) is 30.5 Å². The van der Waals surface area contributed by atoms with E-state index in [1.165, 1.54) is 11.3 Å². The zero-order chi connectivity index (χ0) is 14.1. The van der Waals surface area contributed by atoms with E-state index in [0.29, 0.717) is 11.1 Å². The van der Waals surface area contributed by atoms with Crippen molar-refractivity contribution in [1.29, 1.82) is 0 Å². The van der Waals surface area contributed by atoms with E-state index in [2.05, 4.69) is 34.1 Å². The number of rotatable bonds is 4. The number of benzene rings is 1. The third-order valence-corrected chi connectivity index (χ3v) is 4.38. The van der Waals surface area contributed by atoms with Crippen LogP contribution in [0.5, 0.6) is 0 Å². The second-order valence-electron chi connectivity index (χ2n) is 5.27. The minimum absolute atomic E-state index is 0.520. The maximum atomic E-state index is 6.06. The average Bonchev–Trinajstić information content (AvgIpc) is 2.96. The highest BCUT2D eigenvalue weighted by molar-refractivity contribution is 6.29. The van der Waals surface area contributed by atoms with Crippen molar-refractivity contribution in [3.8, 4) is 0 Å². The first-order valence-corrected chi connectivity index (χ1v) is 7.28. The fraction of sp³-hybridized carbons (Fsp3) is 0.400. The van der Waals surface area contributed by atoms with Gasteiger partial charge < -0.3 is 15.2 Å². The third kappa shape index (κ3) is 2.30. The number of anilines is 1. The van der Waals surface area contributed by atoms with Gasteiger partial charge in [-0.25, -0.2) is 4.98 Å². The number of nitrogens with two attached hydrogens (primary N) is 1. The summed E-state index contributed by atoms with van der Waals surface area (Å²) >= 11 is 6.06. The zero-order valence-electron chi connectivity index (χ0n) is 11.6. The summed E-state index contributed by atoms with van der Waals surface area (Å²) in [4.78, 5) is 6.76. The smallest absolute Gasteiger partial charge is 0.129 e. The number of fused-ring (bicyclic) bond motifs is 1. The van der Waals surface area contributed by atoms with Crippen LogP contribution in [-0.4, -0.2) is 22.6 Å². The van der Waals surface area contributed by atoms with Gasteiger partial charge in [0.2, 0.25) is 0 Å². The van der Waals surface area contributed by atoms with E-state index >= 15 is 0 Å². The van der Waals surface area contributed by atoms with E-state index in [1.807, 2.05) is 11.6 Å². The fourth-order valence-electron chi connectivity index (χ4n) is 2.92. The summed E-state index contributed by atoms with van der Waals surface area (Å²) in [6, 6.07) is 8.57. The van der Waals surface area contributed by atoms with Gasteiger partial charge in [0, 0.05) is 25.2 Å². The summed E-state index contributed by atoms with van der Waals surface area (Å²) < 4.78 is 1.93. The Labute approximate surface area is 124 Å². The molecule has 0 saturated carbocycles. The Hall–Kier alpha value is -1.52. The molecule has 106 valence electrons. The van der Waals surface area contributed by atoms with Crippen LogP contribution in [-0.2, 0) is 13.6 Å². The molecule has 2 heterocycles. The number of para-hydroxylation sites is 1. The maximum Gasteiger partial charge on any atom is 0.129 e. The highest BCUT2D eigenvalue weighted by Gasteiger charge is 2.28. The Kier molecular flexibility index (Phi) is 3.68. The fourth-order valence-corrected chi connectivity index (χ4v) is 3.07. The molecule has 3 rings (SSSR count). The van der Waals surface area contributed by atoms with Gasteiger partial charge >= 0.3 is 0 Å². The Morgan fingerprint density at radius 1 is 1.40 bits per heavy atom. The van der Waals surface area contributed by atoms with E-state index in [4.69, 9.17) is 17.3 Å². The first-order chi connectivity index (χ1) is 9.70. The molecule has 0 saturated heterocycles. The van der Waals surface area contributed by atoms with Gasteiger partial charge in [0.15, 0.2) is 0 Å². The van der Waals surface area contributed by atoms with E-state index in [1.54, 1.807) is 6.20 Å². The van der Waals surface area contributed by atoms with Crippen molar-refractivity contribution in [3.05, 3.63) is 47.0 Å². The molecule has 1 aromatic carbocycles. The minimum atomic E-state index is 0.520. The van der Waals surface area contributed by atoms with Crippen LogP contribution in [0, 0.1) is 0 Å². The van der Waals surface area contributed by atoms with E-state index in [0.717, 1.165) is 31.9 Å². The number of nitrogens with zero attached hydrogens (tertiary/aromatic N) is 3. The highest BCUT2D eigenvalue weighted by atomic mass is 35.5. The second-order valence-corrected chi connectivity index (χ2v) is 5.66. The van der Waals surface area contributed by atoms with Crippen LogP contribution in [0.4, 0.5) is 5.69 Å². The number of halogens is 1. The molecule has 1 aromatic heterocycles. The zero-order valence-corrected chi connectivity index (χ0v) is 12.3. The molecule has 0 radical (unpaired) electrons. The average molecular weight is 291 g/mol. The van der Waals surface area contributed by atoms with Crippen LogP contribution in [0.2, 0.25) is 5.15 Å². The molecule has 1 aliphatic rings. The largest absolute Gasteiger partial charge is 0.363 e. The molecule has 5 heteroatoms. The van der Waals surface area contributed by atoms with Gasteiger partial charge in [-0.2, -0.15) is 0 Å². The summed E-state index contributed by atoms with van der Waals surface area (Å²) in [5.41, 5.74) is 8.44. The lowest BCUT2D eigenvalue weighted by Gasteiger charge is -2.19. The molecule has 2 N–H and O–H groups in total. The topological polar surface area (TPSA) is 47.1 Å². The molecule has 1 unspecified atom stereocenters. The molecule has 0 amide bonds. The standard InChI is InChI=1S/C15H19ClN4/c1-19-14(16)8-18-15(19)10-20-9-11(6-7-17)12-4-2-3-5-13(12)20/h2-5,8,11H,6-7,9-10,17H2,1H3. The quantitative estimate of drug-likeness (QED) is 0.941. The SMILES string of the molecule is Cn1c(Cl)cnc1CN1CC(CCN)c2ccccc21. The van der Waals surface area contributed by atoms with Crippen molar-refractivity contribution >= 4 is 17.3 Å². The Bertz CT molecular complexity index is 608. The summed E-state index contributed by atoms with van der Waals surface area (Å²) in [6.07, 6.45) is 2.73. The lowest BCUT2D eigenvalue weighted by molar-refractivity contribution is 0.631. The van der Waals surface area contributed by atoms with Gasteiger partial charge in [-0.15, -0.1) is 0 Å². The van der Waals surface area contributed by atoms with Gasteiger partial charge in [0.25, 0.3) is 0 Å². The van der Waals surface area contributed by atoms with E-state index in [9.17, 15) is 0 Å². The van der Waals surface area contributed by atoms with Crippen molar-refractivity contribution in [3.63, 3.8) is 0 Å². The first-order valence-electron chi connectivity index (χ1n) is 6.90. The van der Waals surface area contributed by atoms with Crippen molar-refractivity contribution in [2.75, 3.05) is 18.0 Å². The summed E-state index contributed by atoms with van der Waals surface area (Å²) in [7, 11) is 1.95. The molecule has 0 fully saturated rings. The summed E-state index contributed by atoms with van der Waals surface area (Å²) in [5.74, 6) is 1.50. The van der Waals surface area contributed by atoms with Gasteiger partial charge in [-0.05, 0) is 24.6 Å². The number of aromatic nitrogens is 2. The van der Waals surface area contributed by atoms with Crippen molar-refractivity contribution in [2.45, 2.75) is 18.9 Å². The molecular formula is C15H19ClN4. The van der Waals surface area contributed by atoms with Crippen LogP contribution in [0.1, 0.15) is 23.7 Å². The molecule has 1 aliphatic heterocycles. The number of hydrogen-bond acceptors (Lipinski definition) is 3. The summed E-state index contributed by atoms with van der Waals surface area (Å²) in [6.45, 7) is 2.50. The first kappa shape index (κ1) is 13.5. The molecule has 1 atom stereocenters. The Morgan fingerprint density at radius 2 is 2.20 bits per heavy atom. The van der Waals surface area contributed by atoms with Gasteiger partial charge in [0.05, 0.1) is 12.7 Å². The Morgan fingerprint density at radius 3 is 2.90 bits per heavy atom. The molecule has 4 nitrogen and oxygen atoms in total. The predicted octanol–water partition coefficient (Wildman–Crippen LogP) is 2.53. The monoisotopic (exact) mass is 290 g/mol. The van der Waals surface area contributed by atoms with Crippen LogP contribution < -0.4 is 10.6 Å². The lowest BCUT2D eigenvalue weighted by atomic mass is 9.98. The normalized spacial score (nSPS) is 17.6. The number of imidazole rings is 1. The van der Waals surface area contributed by atoms with Crippen molar-refractivity contribution in [2.24, 2.45) is 12.8 Å². The van der Waals surface area contributed by atoms with Gasteiger partial charge in [0.1, 0.15) is 11.0 Å². The predicted molar refractivity (Wildman–Crippen MR) is 82.1 cm³/mol. The van der Waals surface area contributed by atoms with Gasteiger partial charge in [-0.3, -0.25) is 0 Å². The summed E-state index contributed by atoms with van der Waals surface area (Å²) in [5, 5.41) is 0.672. The molecule has 2 aromatic rings. The van der Waals surface area contributed by atoms with Crippen LogP contribution in [0.25, 0.3) is 0 Å². The molecule has 20 heavy (non-hydrogen) atoms.